The van der Waals surface area contributed by atoms with Crippen molar-refractivity contribution in [3.05, 3.63) is 60.7 Å². The van der Waals surface area contributed by atoms with Crippen LogP contribution in [0.2, 0.25) is 0 Å². The van der Waals surface area contributed by atoms with Crippen molar-refractivity contribution < 1.29 is 0 Å². The molecule has 0 atom stereocenters. The number of hydrogen-bond donors (Lipinski definition) is 0. The first-order chi connectivity index (χ1) is 8.27. The van der Waals surface area contributed by atoms with Gasteiger partial charge in [0.2, 0.25) is 0 Å². The van der Waals surface area contributed by atoms with E-state index in [1.165, 1.54) is 0 Å². The molecule has 2 rings (SSSR count). The molecule has 0 radical (unpaired) electrons. The normalized spacial score (nSPS) is 9.76. The molecule has 0 aliphatic carbocycles. The highest BCUT2D eigenvalue weighted by atomic mass is 15.5. The third-order valence-electron chi connectivity index (χ3n) is 2.30. The van der Waals surface area contributed by atoms with E-state index in [0.717, 1.165) is 17.1 Å². The molecule has 86 valence electrons. The molecular formula is C15H16N2. The van der Waals surface area contributed by atoms with Gasteiger partial charge in [-0.15, -0.1) is 0 Å². The van der Waals surface area contributed by atoms with Gasteiger partial charge in [0.1, 0.15) is 0 Å². The number of rotatable bonds is 3. The Bertz CT molecular complexity index is 445. The van der Waals surface area contributed by atoms with Crippen molar-refractivity contribution in [3.63, 3.8) is 0 Å². The van der Waals surface area contributed by atoms with Crippen LogP contribution in [0.25, 0.3) is 0 Å². The number of hydrogen-bond acceptors (Lipinski definition) is 2. The highest BCUT2D eigenvalue weighted by Gasteiger charge is 2.06. The Labute approximate surface area is 102 Å². The second-order valence-electron chi connectivity index (χ2n) is 4.03. The summed E-state index contributed by atoms with van der Waals surface area (Å²) in [4.78, 5) is 0. The minimum Gasteiger partial charge on any atom is -0.234 e. The number of anilines is 2. The van der Waals surface area contributed by atoms with Gasteiger partial charge in [-0.3, -0.25) is 0 Å². The van der Waals surface area contributed by atoms with Crippen LogP contribution >= 0.6 is 0 Å². The smallest absolute Gasteiger partial charge is 0.0652 e. The Morgan fingerprint density at radius 3 is 1.53 bits per heavy atom. The molecule has 0 aliphatic rings. The van der Waals surface area contributed by atoms with Crippen molar-refractivity contribution >= 4 is 17.1 Å². The Balaban J connectivity index is 2.43. The summed E-state index contributed by atoms with van der Waals surface area (Å²) >= 11 is 0. The van der Waals surface area contributed by atoms with Gasteiger partial charge in [-0.05, 0) is 38.1 Å². The van der Waals surface area contributed by atoms with E-state index >= 15 is 0 Å². The highest BCUT2D eigenvalue weighted by Crippen LogP contribution is 2.25. The third-order valence-corrected chi connectivity index (χ3v) is 2.30. The van der Waals surface area contributed by atoms with Crippen molar-refractivity contribution in [2.75, 3.05) is 5.01 Å². The summed E-state index contributed by atoms with van der Waals surface area (Å²) in [5, 5.41) is 6.52. The Morgan fingerprint density at radius 1 is 0.765 bits per heavy atom. The molecule has 0 bridgehead atoms. The summed E-state index contributed by atoms with van der Waals surface area (Å²) in [7, 11) is 0. The van der Waals surface area contributed by atoms with Gasteiger partial charge in [0.15, 0.2) is 0 Å². The van der Waals surface area contributed by atoms with Crippen molar-refractivity contribution in [1.82, 2.24) is 0 Å². The van der Waals surface area contributed by atoms with E-state index in [4.69, 9.17) is 0 Å². The maximum Gasteiger partial charge on any atom is 0.0652 e. The Morgan fingerprint density at radius 2 is 1.18 bits per heavy atom. The van der Waals surface area contributed by atoms with Crippen LogP contribution in [-0.2, 0) is 0 Å². The van der Waals surface area contributed by atoms with E-state index in [1.807, 2.05) is 55.3 Å². The van der Waals surface area contributed by atoms with E-state index in [-0.39, 0.29) is 0 Å². The molecule has 0 amide bonds. The lowest BCUT2D eigenvalue weighted by molar-refractivity contribution is 1.08. The van der Waals surface area contributed by atoms with Crippen molar-refractivity contribution in [2.45, 2.75) is 13.8 Å². The molecule has 2 aromatic rings. The molecule has 2 nitrogen and oxygen atoms in total. The second-order valence-corrected chi connectivity index (χ2v) is 4.03. The third kappa shape index (κ3) is 2.94. The van der Waals surface area contributed by atoms with Crippen LogP contribution < -0.4 is 5.01 Å². The summed E-state index contributed by atoms with van der Waals surface area (Å²) in [6, 6.07) is 20.3. The zero-order valence-electron chi connectivity index (χ0n) is 10.2. The molecule has 0 heterocycles. The summed E-state index contributed by atoms with van der Waals surface area (Å²) in [5.41, 5.74) is 3.16. The predicted molar refractivity (Wildman–Crippen MR) is 73.8 cm³/mol. The van der Waals surface area contributed by atoms with Crippen LogP contribution in [-0.4, -0.2) is 5.71 Å². The predicted octanol–water partition coefficient (Wildman–Crippen LogP) is 4.22. The molecule has 2 aromatic carbocycles. The van der Waals surface area contributed by atoms with Gasteiger partial charge in [0.25, 0.3) is 0 Å². The average molecular weight is 224 g/mol. The molecule has 17 heavy (non-hydrogen) atoms. The molecule has 0 N–H and O–H groups in total. The lowest BCUT2D eigenvalue weighted by atomic mass is 10.2. The van der Waals surface area contributed by atoms with Crippen molar-refractivity contribution in [1.29, 1.82) is 0 Å². The lowest BCUT2D eigenvalue weighted by Crippen LogP contribution is -2.10. The second kappa shape index (κ2) is 5.30. The van der Waals surface area contributed by atoms with E-state index in [1.54, 1.807) is 0 Å². The van der Waals surface area contributed by atoms with Gasteiger partial charge in [-0.2, -0.15) is 5.10 Å². The molecule has 0 fully saturated rings. The fraction of sp³-hybridized carbons (Fsp3) is 0.133. The summed E-state index contributed by atoms with van der Waals surface area (Å²) in [6.45, 7) is 4.00. The molecular weight excluding hydrogens is 208 g/mol. The molecule has 0 unspecified atom stereocenters. The minimum absolute atomic E-state index is 1.03. The monoisotopic (exact) mass is 224 g/mol. The number of nitrogens with zero attached hydrogens (tertiary/aromatic N) is 2. The van der Waals surface area contributed by atoms with Crippen LogP contribution in [0.1, 0.15) is 13.8 Å². The average Bonchev–Trinajstić information content (AvgIpc) is 2.38. The Hall–Kier alpha value is -2.09. The number of benzene rings is 2. The Kier molecular flexibility index (Phi) is 3.55. The molecule has 2 heteroatoms. The fourth-order valence-electron chi connectivity index (χ4n) is 1.60. The van der Waals surface area contributed by atoms with Crippen LogP contribution in [0.3, 0.4) is 0 Å². The molecule has 0 aliphatic heterocycles. The van der Waals surface area contributed by atoms with E-state index in [2.05, 4.69) is 29.4 Å². The largest absolute Gasteiger partial charge is 0.234 e. The number of para-hydroxylation sites is 2. The van der Waals surface area contributed by atoms with E-state index in [9.17, 15) is 0 Å². The van der Waals surface area contributed by atoms with Crippen LogP contribution in [0, 0.1) is 0 Å². The van der Waals surface area contributed by atoms with Crippen LogP contribution in [0.5, 0.6) is 0 Å². The first kappa shape index (κ1) is 11.4. The molecule has 0 aromatic heterocycles. The first-order valence-electron chi connectivity index (χ1n) is 5.69. The van der Waals surface area contributed by atoms with Gasteiger partial charge >= 0.3 is 0 Å². The standard InChI is InChI=1S/C15H16N2/c1-13(2)16-17(14-9-5-3-6-10-14)15-11-7-4-8-12-15/h3-12H,1-2H3. The summed E-state index contributed by atoms with van der Waals surface area (Å²) < 4.78 is 0. The molecule has 0 spiro atoms. The van der Waals surface area contributed by atoms with Gasteiger partial charge < -0.3 is 0 Å². The zero-order valence-corrected chi connectivity index (χ0v) is 10.2. The molecule has 0 saturated carbocycles. The van der Waals surface area contributed by atoms with E-state index in [0.29, 0.717) is 0 Å². The zero-order chi connectivity index (χ0) is 12.1. The first-order valence-corrected chi connectivity index (χ1v) is 5.69. The maximum absolute atomic E-state index is 4.57. The van der Waals surface area contributed by atoms with Crippen molar-refractivity contribution in [3.8, 4) is 0 Å². The summed E-state index contributed by atoms with van der Waals surface area (Å²) in [5.74, 6) is 0. The quantitative estimate of drug-likeness (QED) is 0.563. The van der Waals surface area contributed by atoms with Crippen molar-refractivity contribution in [2.24, 2.45) is 5.10 Å². The SMILES string of the molecule is CC(C)=NN(c1ccccc1)c1ccccc1. The van der Waals surface area contributed by atoms with Gasteiger partial charge in [-0.25, -0.2) is 5.01 Å². The minimum atomic E-state index is 1.03. The number of hydrazone groups is 1. The van der Waals surface area contributed by atoms with E-state index < -0.39 is 0 Å². The maximum atomic E-state index is 4.57. The van der Waals surface area contributed by atoms with Crippen LogP contribution in [0.4, 0.5) is 11.4 Å². The fourth-order valence-corrected chi connectivity index (χ4v) is 1.60. The lowest BCUT2D eigenvalue weighted by Gasteiger charge is -2.19. The topological polar surface area (TPSA) is 15.6 Å². The van der Waals surface area contributed by atoms with Crippen LogP contribution in [0.15, 0.2) is 65.8 Å². The van der Waals surface area contributed by atoms with Gasteiger partial charge in [-0.1, -0.05) is 36.4 Å². The summed E-state index contributed by atoms with van der Waals surface area (Å²) in [6.07, 6.45) is 0. The van der Waals surface area contributed by atoms with Gasteiger partial charge in [0.05, 0.1) is 11.4 Å². The van der Waals surface area contributed by atoms with Gasteiger partial charge in [0, 0.05) is 5.71 Å². The molecule has 0 saturated heterocycles. The highest BCUT2D eigenvalue weighted by molar-refractivity contribution is 5.81.